The number of benzene rings is 1. The number of ether oxygens (including phenoxy) is 2. The van der Waals surface area contributed by atoms with E-state index in [4.69, 9.17) is 9.47 Å². The molecule has 2 rings (SSSR count). The minimum absolute atomic E-state index is 0.0768. The first-order chi connectivity index (χ1) is 7.79. The largest absolute Gasteiger partial charge is 0.497 e. The highest BCUT2D eigenvalue weighted by Crippen LogP contribution is 2.13. The number of carbonyl (C=O) groups is 1. The highest BCUT2D eigenvalue weighted by molar-refractivity contribution is 6.04. The van der Waals surface area contributed by atoms with E-state index in [0.29, 0.717) is 18.1 Å². The normalized spacial score (nSPS) is 16.7. The third-order valence-corrected chi connectivity index (χ3v) is 2.30. The van der Waals surface area contributed by atoms with E-state index in [2.05, 4.69) is 5.32 Å². The van der Waals surface area contributed by atoms with Gasteiger partial charge in [-0.2, -0.15) is 0 Å². The van der Waals surface area contributed by atoms with Gasteiger partial charge in [0, 0.05) is 11.6 Å². The van der Waals surface area contributed by atoms with Crippen molar-refractivity contribution < 1.29 is 14.3 Å². The summed E-state index contributed by atoms with van der Waals surface area (Å²) in [5.41, 5.74) is 0.616. The maximum Gasteiger partial charge on any atom is 0.191 e. The maximum absolute atomic E-state index is 11.8. The molecule has 1 aliphatic heterocycles. The van der Waals surface area contributed by atoms with Crippen LogP contribution in [-0.2, 0) is 4.74 Å². The van der Waals surface area contributed by atoms with Crippen molar-refractivity contribution in [1.82, 2.24) is 5.32 Å². The van der Waals surface area contributed by atoms with E-state index in [1.807, 2.05) is 0 Å². The predicted octanol–water partition coefficient (Wildman–Crippen LogP) is 1.34. The van der Waals surface area contributed by atoms with E-state index in [1.165, 1.54) is 6.08 Å². The standard InChI is InChI=1S/C12H13NO3/c1-15-10-4-2-9(3-5-10)11(14)8-12-13-6-7-16-12/h2-5,8,13H,6-7H2,1H3. The number of carbonyl (C=O) groups excluding carboxylic acids is 1. The topological polar surface area (TPSA) is 47.6 Å². The van der Waals surface area contributed by atoms with Crippen LogP contribution in [0.5, 0.6) is 5.75 Å². The van der Waals surface area contributed by atoms with Crippen LogP contribution in [0.3, 0.4) is 0 Å². The van der Waals surface area contributed by atoms with E-state index < -0.39 is 0 Å². The molecule has 0 atom stereocenters. The lowest BCUT2D eigenvalue weighted by molar-refractivity contribution is 0.104. The van der Waals surface area contributed by atoms with Crippen LogP contribution in [-0.4, -0.2) is 26.0 Å². The molecule has 1 saturated heterocycles. The Bertz CT molecular complexity index is 401. The summed E-state index contributed by atoms with van der Waals surface area (Å²) < 4.78 is 10.2. The van der Waals surface area contributed by atoms with Gasteiger partial charge in [0.25, 0.3) is 0 Å². The number of hydrogen-bond donors (Lipinski definition) is 1. The molecule has 0 unspecified atom stereocenters. The number of ketones is 1. The molecule has 4 heteroatoms. The first kappa shape index (κ1) is 10.5. The zero-order valence-corrected chi connectivity index (χ0v) is 9.03. The molecule has 0 aliphatic carbocycles. The summed E-state index contributed by atoms with van der Waals surface area (Å²) in [5.74, 6) is 1.20. The fourth-order valence-electron chi connectivity index (χ4n) is 1.44. The summed E-state index contributed by atoms with van der Waals surface area (Å²) in [5, 5.41) is 2.97. The molecule has 16 heavy (non-hydrogen) atoms. The molecule has 1 fully saturated rings. The minimum atomic E-state index is -0.0768. The zero-order chi connectivity index (χ0) is 11.4. The molecule has 0 aromatic heterocycles. The van der Waals surface area contributed by atoms with Crippen molar-refractivity contribution in [3.63, 3.8) is 0 Å². The molecule has 1 aromatic carbocycles. The van der Waals surface area contributed by atoms with Gasteiger partial charge < -0.3 is 14.8 Å². The van der Waals surface area contributed by atoms with Crippen LogP contribution < -0.4 is 10.1 Å². The average molecular weight is 219 g/mol. The van der Waals surface area contributed by atoms with Crippen molar-refractivity contribution in [3.8, 4) is 5.75 Å². The van der Waals surface area contributed by atoms with Crippen LogP contribution in [0.25, 0.3) is 0 Å². The van der Waals surface area contributed by atoms with Gasteiger partial charge in [-0.05, 0) is 24.3 Å². The van der Waals surface area contributed by atoms with Gasteiger partial charge in [-0.3, -0.25) is 4.79 Å². The van der Waals surface area contributed by atoms with E-state index in [1.54, 1.807) is 31.4 Å². The van der Waals surface area contributed by atoms with Gasteiger partial charge in [0.05, 0.1) is 13.7 Å². The van der Waals surface area contributed by atoms with Crippen molar-refractivity contribution >= 4 is 5.78 Å². The maximum atomic E-state index is 11.8. The van der Waals surface area contributed by atoms with E-state index >= 15 is 0 Å². The number of allylic oxidation sites excluding steroid dienone is 1. The second-order valence-electron chi connectivity index (χ2n) is 3.38. The molecule has 0 spiro atoms. The van der Waals surface area contributed by atoms with Gasteiger partial charge in [-0.15, -0.1) is 0 Å². The number of nitrogens with one attached hydrogen (secondary N) is 1. The van der Waals surface area contributed by atoms with Crippen LogP contribution in [0, 0.1) is 0 Å². The molecule has 4 nitrogen and oxygen atoms in total. The molecule has 0 amide bonds. The van der Waals surface area contributed by atoms with Gasteiger partial charge in [0.2, 0.25) is 0 Å². The van der Waals surface area contributed by atoms with Crippen LogP contribution in [0.15, 0.2) is 36.2 Å². The van der Waals surface area contributed by atoms with Crippen molar-refractivity contribution in [2.45, 2.75) is 0 Å². The Kier molecular flexibility index (Phi) is 3.10. The highest BCUT2D eigenvalue weighted by Gasteiger charge is 2.09. The fraction of sp³-hybridized carbons (Fsp3) is 0.250. The molecule has 1 aliphatic rings. The Labute approximate surface area is 93.9 Å². The third kappa shape index (κ3) is 2.34. The van der Waals surface area contributed by atoms with Crippen molar-refractivity contribution in [1.29, 1.82) is 0 Å². The molecule has 0 saturated carbocycles. The van der Waals surface area contributed by atoms with E-state index in [-0.39, 0.29) is 5.78 Å². The zero-order valence-electron chi connectivity index (χ0n) is 9.03. The van der Waals surface area contributed by atoms with Crippen LogP contribution in [0.2, 0.25) is 0 Å². The highest BCUT2D eigenvalue weighted by atomic mass is 16.5. The second-order valence-corrected chi connectivity index (χ2v) is 3.38. The Balaban J connectivity index is 2.11. The smallest absolute Gasteiger partial charge is 0.191 e. The second kappa shape index (κ2) is 4.70. The Morgan fingerprint density at radius 1 is 1.44 bits per heavy atom. The SMILES string of the molecule is COc1ccc(C(=O)C=C2NCCO2)cc1. The third-order valence-electron chi connectivity index (χ3n) is 2.30. The first-order valence-electron chi connectivity index (χ1n) is 5.06. The van der Waals surface area contributed by atoms with Crippen molar-refractivity contribution in [2.75, 3.05) is 20.3 Å². The van der Waals surface area contributed by atoms with E-state index in [0.717, 1.165) is 12.3 Å². The number of rotatable bonds is 3. The molecule has 84 valence electrons. The van der Waals surface area contributed by atoms with Gasteiger partial charge in [0.15, 0.2) is 11.7 Å². The van der Waals surface area contributed by atoms with Gasteiger partial charge >= 0.3 is 0 Å². The lowest BCUT2D eigenvalue weighted by Gasteiger charge is -2.01. The summed E-state index contributed by atoms with van der Waals surface area (Å²) >= 11 is 0. The van der Waals surface area contributed by atoms with Gasteiger partial charge in [0.1, 0.15) is 12.4 Å². The molecule has 1 heterocycles. The molecule has 1 aromatic rings. The average Bonchev–Trinajstić information content (AvgIpc) is 2.82. The lowest BCUT2D eigenvalue weighted by Crippen LogP contribution is -2.07. The Hall–Kier alpha value is -1.97. The van der Waals surface area contributed by atoms with Gasteiger partial charge in [-0.1, -0.05) is 0 Å². The van der Waals surface area contributed by atoms with Crippen LogP contribution in [0.4, 0.5) is 0 Å². The number of methoxy groups -OCH3 is 1. The summed E-state index contributed by atoms with van der Waals surface area (Å²) in [7, 11) is 1.59. The first-order valence-corrected chi connectivity index (χ1v) is 5.06. The molecule has 0 radical (unpaired) electrons. The van der Waals surface area contributed by atoms with E-state index in [9.17, 15) is 4.79 Å². The fourth-order valence-corrected chi connectivity index (χ4v) is 1.44. The van der Waals surface area contributed by atoms with Crippen molar-refractivity contribution in [2.24, 2.45) is 0 Å². The Morgan fingerprint density at radius 2 is 2.19 bits per heavy atom. The molecule has 0 bridgehead atoms. The molecular formula is C12H13NO3. The quantitative estimate of drug-likeness (QED) is 0.615. The molecular weight excluding hydrogens is 206 g/mol. The summed E-state index contributed by atoms with van der Waals surface area (Å²) in [4.78, 5) is 11.8. The van der Waals surface area contributed by atoms with Gasteiger partial charge in [-0.25, -0.2) is 0 Å². The van der Waals surface area contributed by atoms with Crippen LogP contribution >= 0.6 is 0 Å². The summed E-state index contributed by atoms with van der Waals surface area (Å²) in [6, 6.07) is 6.98. The lowest BCUT2D eigenvalue weighted by atomic mass is 10.1. The predicted molar refractivity (Wildman–Crippen MR) is 59.4 cm³/mol. The molecule has 1 N–H and O–H groups in total. The number of hydrogen-bond acceptors (Lipinski definition) is 4. The van der Waals surface area contributed by atoms with Crippen LogP contribution in [0.1, 0.15) is 10.4 Å². The monoisotopic (exact) mass is 219 g/mol. The van der Waals surface area contributed by atoms with Crippen molar-refractivity contribution in [3.05, 3.63) is 41.8 Å². The summed E-state index contributed by atoms with van der Waals surface area (Å²) in [6.45, 7) is 1.36. The summed E-state index contributed by atoms with van der Waals surface area (Å²) in [6.07, 6.45) is 1.47. The Morgan fingerprint density at radius 3 is 2.75 bits per heavy atom. The minimum Gasteiger partial charge on any atom is -0.497 e.